The van der Waals surface area contributed by atoms with Crippen LogP contribution in [-0.4, -0.2) is 80.2 Å². The smallest absolute Gasteiger partial charge is 0.322 e. The van der Waals surface area contributed by atoms with Gasteiger partial charge in [-0.15, -0.1) is 0 Å². The summed E-state index contributed by atoms with van der Waals surface area (Å²) in [4.78, 5) is 21.5. The molecule has 10 nitrogen and oxygen atoms in total. The molecule has 3 aromatic heterocycles. The number of alkyl halides is 2. The molecule has 4 aliphatic rings. The highest BCUT2D eigenvalue weighted by molar-refractivity contribution is 5.96. The van der Waals surface area contributed by atoms with Crippen LogP contribution >= 0.6 is 0 Å². The number of nitrogens with one attached hydrogen (secondary N) is 2. The number of pyridine rings is 1. The number of urea groups is 1. The third-order valence-corrected chi connectivity index (χ3v) is 8.56. The monoisotopic (exact) mass is 526 g/mol. The van der Waals surface area contributed by atoms with E-state index in [1.165, 1.54) is 11.1 Å². The predicted molar refractivity (Wildman–Crippen MR) is 137 cm³/mol. The van der Waals surface area contributed by atoms with Gasteiger partial charge in [-0.2, -0.15) is 10.2 Å². The van der Waals surface area contributed by atoms with Crippen molar-refractivity contribution in [2.75, 3.05) is 43.1 Å². The summed E-state index contributed by atoms with van der Waals surface area (Å²) >= 11 is 0. The fourth-order valence-corrected chi connectivity index (χ4v) is 6.14. The Hall–Kier alpha value is -3.28. The number of ether oxygens (including phenoxy) is 1. The Morgan fingerprint density at radius 3 is 2.79 bits per heavy atom. The summed E-state index contributed by atoms with van der Waals surface area (Å²) in [6.07, 6.45) is 6.02. The first kappa shape index (κ1) is 23.8. The van der Waals surface area contributed by atoms with Crippen LogP contribution in [0.25, 0.3) is 22.3 Å². The number of anilines is 2. The van der Waals surface area contributed by atoms with E-state index in [0.717, 1.165) is 68.8 Å². The molecule has 4 fully saturated rings. The molecule has 202 valence electrons. The second-order valence-corrected chi connectivity index (χ2v) is 11.6. The average molecular weight is 527 g/mol. The fourth-order valence-electron chi connectivity index (χ4n) is 6.14. The van der Waals surface area contributed by atoms with E-state index in [2.05, 4.69) is 27.3 Å². The van der Waals surface area contributed by atoms with Crippen LogP contribution in [-0.2, 0) is 11.3 Å². The maximum atomic E-state index is 14.2. The standard InChI is InChI=1S/C26H32F2N8O2/c1-16-11-34(12-16)23-18-9-29-19(8-21(18)36(33-23)13-17-2-7-38-14-17)22-20(10-30-32-22)31-24(37)35-15-26(27,28)6-5-25(35)3-4-25/h8-10,16-17H,2-7,11-15H2,1H3,(H,30,32)(H,31,37). The van der Waals surface area contributed by atoms with Crippen LogP contribution in [0.1, 0.15) is 39.0 Å². The fraction of sp³-hybridized carbons (Fsp3) is 0.615. The maximum Gasteiger partial charge on any atom is 0.322 e. The van der Waals surface area contributed by atoms with Crippen LogP contribution in [0.3, 0.4) is 0 Å². The summed E-state index contributed by atoms with van der Waals surface area (Å²) in [6, 6.07) is 1.44. The molecule has 3 aliphatic heterocycles. The Bertz CT molecular complexity index is 1370. The number of aromatic amines is 1. The lowest BCUT2D eigenvalue weighted by Gasteiger charge is -2.40. The summed E-state index contributed by atoms with van der Waals surface area (Å²) in [5.74, 6) is -0.894. The minimum atomic E-state index is -2.87. The maximum absolute atomic E-state index is 14.2. The number of carbonyl (C=O) groups excluding carboxylic acids is 1. The molecule has 38 heavy (non-hydrogen) atoms. The van der Waals surface area contributed by atoms with E-state index in [4.69, 9.17) is 14.8 Å². The lowest BCUT2D eigenvalue weighted by atomic mass is 9.97. The summed E-state index contributed by atoms with van der Waals surface area (Å²) < 4.78 is 36.0. The first-order valence-corrected chi connectivity index (χ1v) is 13.5. The van der Waals surface area contributed by atoms with Crippen LogP contribution < -0.4 is 10.2 Å². The van der Waals surface area contributed by atoms with E-state index in [1.807, 2.05) is 16.9 Å². The molecule has 6 heterocycles. The number of aromatic nitrogens is 5. The van der Waals surface area contributed by atoms with Crippen molar-refractivity contribution >= 4 is 28.4 Å². The number of hydrogen-bond acceptors (Lipinski definition) is 6. The van der Waals surface area contributed by atoms with Gasteiger partial charge in [0, 0.05) is 50.3 Å². The minimum absolute atomic E-state index is 0.170. The molecule has 1 aliphatic carbocycles. The zero-order valence-electron chi connectivity index (χ0n) is 21.4. The van der Waals surface area contributed by atoms with Crippen molar-refractivity contribution in [1.29, 1.82) is 0 Å². The molecule has 2 N–H and O–H groups in total. The molecule has 1 atom stereocenters. The number of amides is 2. The topological polar surface area (TPSA) is 104 Å². The number of hydrogen-bond donors (Lipinski definition) is 2. The molecule has 0 bridgehead atoms. The lowest BCUT2D eigenvalue weighted by molar-refractivity contribution is -0.0721. The molecule has 12 heteroatoms. The van der Waals surface area contributed by atoms with Gasteiger partial charge in [0.2, 0.25) is 0 Å². The molecular formula is C26H32F2N8O2. The van der Waals surface area contributed by atoms with Crippen LogP contribution in [0.15, 0.2) is 18.5 Å². The van der Waals surface area contributed by atoms with Crippen molar-refractivity contribution in [3.63, 3.8) is 0 Å². The lowest BCUT2D eigenvalue weighted by Crippen LogP contribution is -2.54. The van der Waals surface area contributed by atoms with E-state index in [-0.39, 0.29) is 6.42 Å². The van der Waals surface area contributed by atoms with E-state index < -0.39 is 24.0 Å². The number of H-pyrrole nitrogens is 1. The highest BCUT2D eigenvalue weighted by Crippen LogP contribution is 2.51. The normalized spacial score (nSPS) is 24.2. The van der Waals surface area contributed by atoms with Gasteiger partial charge >= 0.3 is 6.03 Å². The summed E-state index contributed by atoms with van der Waals surface area (Å²) in [7, 11) is 0. The van der Waals surface area contributed by atoms with Crippen molar-refractivity contribution in [3.8, 4) is 11.4 Å². The third-order valence-electron chi connectivity index (χ3n) is 8.56. The number of fused-ring (bicyclic) bond motifs is 1. The van der Waals surface area contributed by atoms with E-state index >= 15 is 0 Å². The van der Waals surface area contributed by atoms with Gasteiger partial charge in [-0.3, -0.25) is 14.8 Å². The SMILES string of the molecule is CC1CN(c2nn(CC3CCOC3)c3cc(-c4[nH]ncc4NC(=O)N4CC(F)(F)CCC45CC5)ncc23)C1. The zero-order chi connectivity index (χ0) is 26.1. The van der Waals surface area contributed by atoms with Crippen LogP contribution in [0.4, 0.5) is 25.1 Å². The Kier molecular flexibility index (Phi) is 5.40. The average Bonchev–Trinajstić information content (AvgIpc) is 3.20. The van der Waals surface area contributed by atoms with Crippen molar-refractivity contribution in [2.24, 2.45) is 11.8 Å². The third kappa shape index (κ3) is 4.09. The molecular weight excluding hydrogens is 494 g/mol. The molecule has 0 radical (unpaired) electrons. The molecule has 3 aromatic rings. The van der Waals surface area contributed by atoms with Crippen molar-refractivity contribution in [2.45, 2.75) is 57.0 Å². The quantitative estimate of drug-likeness (QED) is 0.519. The highest BCUT2D eigenvalue weighted by Gasteiger charge is 2.57. The van der Waals surface area contributed by atoms with Gasteiger partial charge in [0.05, 0.1) is 41.6 Å². The van der Waals surface area contributed by atoms with Crippen LogP contribution in [0.5, 0.6) is 0 Å². The number of halogens is 2. The summed E-state index contributed by atoms with van der Waals surface area (Å²) in [5.41, 5.74) is 2.07. The molecule has 1 saturated carbocycles. The molecule has 1 unspecified atom stereocenters. The van der Waals surface area contributed by atoms with Gasteiger partial charge in [0.15, 0.2) is 5.82 Å². The van der Waals surface area contributed by atoms with Gasteiger partial charge < -0.3 is 19.9 Å². The minimum Gasteiger partial charge on any atom is -0.381 e. The number of rotatable bonds is 5. The second kappa shape index (κ2) is 8.62. The Labute approximate surface area is 218 Å². The van der Waals surface area contributed by atoms with Crippen LogP contribution in [0.2, 0.25) is 0 Å². The largest absolute Gasteiger partial charge is 0.381 e. The molecule has 1 spiro atoms. The highest BCUT2D eigenvalue weighted by atomic mass is 19.3. The van der Waals surface area contributed by atoms with E-state index in [1.54, 1.807) is 0 Å². The second-order valence-electron chi connectivity index (χ2n) is 11.6. The molecule has 3 saturated heterocycles. The number of carbonyl (C=O) groups is 1. The van der Waals surface area contributed by atoms with Crippen molar-refractivity contribution < 1.29 is 18.3 Å². The molecule has 2 amide bonds. The Morgan fingerprint density at radius 1 is 1.24 bits per heavy atom. The molecule has 0 aromatic carbocycles. The zero-order valence-corrected chi connectivity index (χ0v) is 21.4. The van der Waals surface area contributed by atoms with Gasteiger partial charge in [0.1, 0.15) is 5.69 Å². The van der Waals surface area contributed by atoms with E-state index in [0.29, 0.717) is 35.3 Å². The van der Waals surface area contributed by atoms with Gasteiger partial charge in [0.25, 0.3) is 5.92 Å². The first-order valence-electron chi connectivity index (χ1n) is 13.5. The van der Waals surface area contributed by atoms with Gasteiger partial charge in [-0.25, -0.2) is 13.6 Å². The van der Waals surface area contributed by atoms with Crippen molar-refractivity contribution in [3.05, 3.63) is 18.5 Å². The number of piperidine rings is 1. The van der Waals surface area contributed by atoms with Crippen molar-refractivity contribution in [1.82, 2.24) is 29.9 Å². The number of nitrogens with zero attached hydrogens (tertiary/aromatic N) is 6. The van der Waals surface area contributed by atoms with Gasteiger partial charge in [-0.1, -0.05) is 6.92 Å². The van der Waals surface area contributed by atoms with Gasteiger partial charge in [-0.05, 0) is 37.7 Å². The Balaban J connectivity index is 1.19. The number of likely N-dealkylation sites (tertiary alicyclic amines) is 1. The predicted octanol–water partition coefficient (Wildman–Crippen LogP) is 4.11. The summed E-state index contributed by atoms with van der Waals surface area (Å²) in [6.45, 7) is 5.85. The molecule has 7 rings (SSSR count). The van der Waals surface area contributed by atoms with E-state index in [9.17, 15) is 13.6 Å². The Morgan fingerprint density at radius 2 is 2.05 bits per heavy atom. The summed E-state index contributed by atoms with van der Waals surface area (Å²) in [5, 5.41) is 15.9. The van der Waals surface area contributed by atoms with Crippen LogP contribution in [0, 0.1) is 11.8 Å². The first-order chi connectivity index (χ1) is 18.3.